The molecule has 2 aromatic rings. The average molecular weight is 301 g/mol. The maximum atomic E-state index is 12.1. The van der Waals surface area contributed by atoms with E-state index in [1.165, 1.54) is 12.3 Å². The number of ether oxygens (including phenoxy) is 1. The zero-order chi connectivity index (χ0) is 15.4. The summed E-state index contributed by atoms with van der Waals surface area (Å²) in [5.74, 6) is 0.218. The fourth-order valence-corrected chi connectivity index (χ4v) is 2.07. The lowest BCUT2D eigenvalue weighted by Gasteiger charge is -2.27. The van der Waals surface area contributed by atoms with E-state index in [1.54, 1.807) is 18.2 Å². The Hall–Kier alpha value is -2.74. The first-order valence-corrected chi connectivity index (χ1v) is 6.86. The van der Waals surface area contributed by atoms with Crippen molar-refractivity contribution in [3.63, 3.8) is 0 Å². The molecule has 0 bridgehead atoms. The predicted molar refractivity (Wildman–Crippen MR) is 78.9 cm³/mol. The van der Waals surface area contributed by atoms with Crippen molar-refractivity contribution in [2.75, 3.05) is 36.5 Å². The van der Waals surface area contributed by atoms with Gasteiger partial charge in [-0.15, -0.1) is 10.2 Å². The molecule has 0 aliphatic carbocycles. The summed E-state index contributed by atoms with van der Waals surface area (Å²) in [7, 11) is 0. The van der Waals surface area contributed by atoms with Crippen LogP contribution in [0.25, 0.3) is 0 Å². The summed E-state index contributed by atoms with van der Waals surface area (Å²) in [6.45, 7) is 2.82. The number of aromatic hydroxyl groups is 1. The number of aromatic nitrogens is 3. The Morgan fingerprint density at radius 2 is 2.05 bits per heavy atom. The van der Waals surface area contributed by atoms with E-state index in [-0.39, 0.29) is 17.3 Å². The summed E-state index contributed by atoms with van der Waals surface area (Å²) in [5, 5.41) is 20.1. The smallest absolute Gasteiger partial charge is 0.277 e. The molecule has 3 rings (SSSR count). The minimum absolute atomic E-state index is 0.0894. The molecular formula is C14H15N5O3. The van der Waals surface area contributed by atoms with Gasteiger partial charge in [-0.2, -0.15) is 0 Å². The molecule has 2 N–H and O–H groups in total. The second-order valence-electron chi connectivity index (χ2n) is 4.70. The van der Waals surface area contributed by atoms with Crippen LogP contribution in [0.15, 0.2) is 30.5 Å². The average Bonchev–Trinajstić information content (AvgIpc) is 2.58. The minimum atomic E-state index is -0.477. The van der Waals surface area contributed by atoms with Gasteiger partial charge >= 0.3 is 0 Å². The van der Waals surface area contributed by atoms with Crippen LogP contribution in [0.5, 0.6) is 5.75 Å². The topological polar surface area (TPSA) is 100 Å². The fraction of sp³-hybridized carbons (Fsp3) is 0.286. The first kappa shape index (κ1) is 14.2. The number of carbonyl (C=O) groups is 1. The number of nitrogens with one attached hydrogen (secondary N) is 1. The van der Waals surface area contributed by atoms with Crippen LogP contribution in [-0.2, 0) is 4.74 Å². The zero-order valence-electron chi connectivity index (χ0n) is 11.8. The Balaban J connectivity index is 1.69. The molecule has 0 spiro atoms. The molecule has 0 saturated carbocycles. The number of hydrogen-bond donors (Lipinski definition) is 2. The first-order chi connectivity index (χ1) is 10.7. The lowest BCUT2D eigenvalue weighted by atomic mass is 10.3. The molecule has 0 atom stereocenters. The molecule has 3 heterocycles. The molecule has 22 heavy (non-hydrogen) atoms. The summed E-state index contributed by atoms with van der Waals surface area (Å²) < 4.78 is 5.28. The Morgan fingerprint density at radius 1 is 1.23 bits per heavy atom. The van der Waals surface area contributed by atoms with Crippen LogP contribution >= 0.6 is 0 Å². The number of carbonyl (C=O) groups excluding carboxylic acids is 1. The Labute approximate surface area is 126 Å². The van der Waals surface area contributed by atoms with E-state index in [1.807, 2.05) is 4.90 Å². The molecule has 1 saturated heterocycles. The summed E-state index contributed by atoms with van der Waals surface area (Å²) >= 11 is 0. The second kappa shape index (κ2) is 6.35. The highest BCUT2D eigenvalue weighted by molar-refractivity contribution is 6.02. The molecule has 1 aliphatic heterocycles. The highest BCUT2D eigenvalue weighted by Gasteiger charge is 2.15. The van der Waals surface area contributed by atoms with Crippen molar-refractivity contribution >= 4 is 17.5 Å². The van der Waals surface area contributed by atoms with Crippen LogP contribution in [0.1, 0.15) is 10.5 Å². The van der Waals surface area contributed by atoms with Crippen molar-refractivity contribution in [2.45, 2.75) is 0 Å². The SMILES string of the molecule is O=C(Nc1ncccc1O)c1ccc(N2CCOCC2)nn1. The number of hydrogen-bond acceptors (Lipinski definition) is 7. The highest BCUT2D eigenvalue weighted by Crippen LogP contribution is 2.19. The molecule has 114 valence electrons. The maximum Gasteiger partial charge on any atom is 0.277 e. The van der Waals surface area contributed by atoms with E-state index in [9.17, 15) is 9.90 Å². The normalized spacial score (nSPS) is 14.6. The number of nitrogens with zero attached hydrogens (tertiary/aromatic N) is 4. The Bertz CT molecular complexity index is 656. The van der Waals surface area contributed by atoms with Crippen LogP contribution in [-0.4, -0.2) is 52.5 Å². The number of anilines is 2. The standard InChI is InChI=1S/C14H15N5O3/c20-11-2-1-5-15-13(11)16-14(21)10-3-4-12(18-17-10)19-6-8-22-9-7-19/h1-5,20H,6-9H2,(H,15,16,21). The molecule has 0 aromatic carbocycles. The van der Waals surface area contributed by atoms with Crippen LogP contribution in [0.4, 0.5) is 11.6 Å². The fourth-order valence-electron chi connectivity index (χ4n) is 2.07. The van der Waals surface area contributed by atoms with Crippen LogP contribution in [0.3, 0.4) is 0 Å². The molecule has 0 unspecified atom stereocenters. The Kier molecular flexibility index (Phi) is 4.10. The molecule has 1 amide bonds. The van der Waals surface area contributed by atoms with E-state index in [0.29, 0.717) is 19.0 Å². The molecule has 8 heteroatoms. The number of rotatable bonds is 3. The van der Waals surface area contributed by atoms with Gasteiger partial charge in [-0.05, 0) is 24.3 Å². The molecule has 8 nitrogen and oxygen atoms in total. The largest absolute Gasteiger partial charge is 0.504 e. The Morgan fingerprint density at radius 3 is 2.73 bits per heavy atom. The van der Waals surface area contributed by atoms with Crippen molar-refractivity contribution in [1.82, 2.24) is 15.2 Å². The lowest BCUT2D eigenvalue weighted by Crippen LogP contribution is -2.37. The van der Waals surface area contributed by atoms with E-state index >= 15 is 0 Å². The van der Waals surface area contributed by atoms with Crippen molar-refractivity contribution < 1.29 is 14.6 Å². The van der Waals surface area contributed by atoms with Gasteiger partial charge in [-0.3, -0.25) is 4.79 Å². The van der Waals surface area contributed by atoms with Crippen molar-refractivity contribution in [2.24, 2.45) is 0 Å². The van der Waals surface area contributed by atoms with Crippen LogP contribution in [0, 0.1) is 0 Å². The van der Waals surface area contributed by atoms with E-state index < -0.39 is 5.91 Å². The van der Waals surface area contributed by atoms with Gasteiger partial charge in [0.1, 0.15) is 0 Å². The summed E-state index contributed by atoms with van der Waals surface area (Å²) in [6, 6.07) is 6.34. The minimum Gasteiger partial charge on any atom is -0.504 e. The summed E-state index contributed by atoms with van der Waals surface area (Å²) in [5.41, 5.74) is 0.155. The van der Waals surface area contributed by atoms with E-state index in [2.05, 4.69) is 20.5 Å². The number of morpholine rings is 1. The predicted octanol–water partition coefficient (Wildman–Crippen LogP) is 0.666. The van der Waals surface area contributed by atoms with Gasteiger partial charge in [-0.25, -0.2) is 4.98 Å². The second-order valence-corrected chi connectivity index (χ2v) is 4.70. The van der Waals surface area contributed by atoms with Gasteiger partial charge in [0.2, 0.25) is 0 Å². The molecule has 2 aromatic heterocycles. The lowest BCUT2D eigenvalue weighted by molar-refractivity contribution is 0.102. The third-order valence-electron chi connectivity index (χ3n) is 3.24. The van der Waals surface area contributed by atoms with Gasteiger partial charge in [-0.1, -0.05) is 0 Å². The van der Waals surface area contributed by atoms with Gasteiger partial charge in [0.05, 0.1) is 13.2 Å². The highest BCUT2D eigenvalue weighted by atomic mass is 16.5. The third kappa shape index (κ3) is 3.12. The molecular weight excluding hydrogens is 286 g/mol. The molecule has 1 fully saturated rings. The van der Waals surface area contributed by atoms with Crippen LogP contribution < -0.4 is 10.2 Å². The van der Waals surface area contributed by atoms with Gasteiger partial charge in [0.25, 0.3) is 5.91 Å². The number of amides is 1. The summed E-state index contributed by atoms with van der Waals surface area (Å²) in [4.78, 5) is 18.0. The number of pyridine rings is 1. The van der Waals surface area contributed by atoms with E-state index in [0.717, 1.165) is 13.1 Å². The molecule has 0 radical (unpaired) electrons. The van der Waals surface area contributed by atoms with Crippen molar-refractivity contribution in [3.05, 3.63) is 36.2 Å². The maximum absolute atomic E-state index is 12.1. The monoisotopic (exact) mass is 301 g/mol. The van der Waals surface area contributed by atoms with E-state index in [4.69, 9.17) is 4.74 Å². The zero-order valence-corrected chi connectivity index (χ0v) is 11.8. The van der Waals surface area contributed by atoms with Gasteiger partial charge in [0, 0.05) is 19.3 Å². The van der Waals surface area contributed by atoms with Crippen LogP contribution in [0.2, 0.25) is 0 Å². The van der Waals surface area contributed by atoms with Crippen molar-refractivity contribution in [3.8, 4) is 5.75 Å². The first-order valence-electron chi connectivity index (χ1n) is 6.86. The van der Waals surface area contributed by atoms with Gasteiger partial charge in [0.15, 0.2) is 23.1 Å². The summed E-state index contributed by atoms with van der Waals surface area (Å²) in [6.07, 6.45) is 1.47. The van der Waals surface area contributed by atoms with Crippen molar-refractivity contribution in [1.29, 1.82) is 0 Å². The third-order valence-corrected chi connectivity index (χ3v) is 3.24. The quantitative estimate of drug-likeness (QED) is 0.859. The van der Waals surface area contributed by atoms with Gasteiger partial charge < -0.3 is 20.1 Å². The molecule has 1 aliphatic rings.